The highest BCUT2D eigenvalue weighted by atomic mass is 16.5. The maximum Gasteiger partial charge on any atom is 0.123 e. The van der Waals surface area contributed by atoms with Gasteiger partial charge >= 0.3 is 0 Å². The number of hydrogen-bond acceptors (Lipinski definition) is 3. The van der Waals surface area contributed by atoms with Crippen LogP contribution in [0.2, 0.25) is 0 Å². The summed E-state index contributed by atoms with van der Waals surface area (Å²) in [5.74, 6) is 1.69. The highest BCUT2D eigenvalue weighted by molar-refractivity contribution is 5.40. The lowest BCUT2D eigenvalue weighted by Gasteiger charge is -2.17. The highest BCUT2D eigenvalue weighted by Crippen LogP contribution is 2.27. The minimum Gasteiger partial charge on any atom is -0.497 e. The van der Waals surface area contributed by atoms with Crippen LogP contribution >= 0.6 is 0 Å². The first kappa shape index (κ1) is 14.4. The van der Waals surface area contributed by atoms with Gasteiger partial charge in [-0.25, -0.2) is 0 Å². The summed E-state index contributed by atoms with van der Waals surface area (Å²) in [6.07, 6.45) is 0.747. The normalized spacial score (nSPS) is 12.0. The van der Waals surface area contributed by atoms with E-state index in [2.05, 4.69) is 19.1 Å². The molecule has 2 N–H and O–H groups in total. The van der Waals surface area contributed by atoms with Crippen molar-refractivity contribution in [3.8, 4) is 11.5 Å². The van der Waals surface area contributed by atoms with Crippen LogP contribution in [0.1, 0.15) is 22.7 Å². The number of nitrogens with two attached hydrogens (primary N) is 1. The largest absolute Gasteiger partial charge is 0.497 e. The summed E-state index contributed by atoms with van der Waals surface area (Å²) in [4.78, 5) is 0. The Morgan fingerprint density at radius 1 is 1.05 bits per heavy atom. The molecule has 0 radical (unpaired) electrons. The fraction of sp³-hybridized carbons (Fsp3) is 0.294. The van der Waals surface area contributed by atoms with Crippen molar-refractivity contribution in [2.45, 2.75) is 19.4 Å². The van der Waals surface area contributed by atoms with Crippen LogP contribution in [0.5, 0.6) is 11.5 Å². The van der Waals surface area contributed by atoms with E-state index in [4.69, 9.17) is 15.2 Å². The third-order valence-electron chi connectivity index (χ3n) is 3.37. The molecule has 2 aromatic carbocycles. The second kappa shape index (κ2) is 6.44. The molecule has 3 nitrogen and oxygen atoms in total. The number of methoxy groups -OCH3 is 2. The van der Waals surface area contributed by atoms with Crippen LogP contribution in [0.25, 0.3) is 0 Å². The lowest BCUT2D eigenvalue weighted by Crippen LogP contribution is -2.14. The zero-order valence-corrected chi connectivity index (χ0v) is 12.2. The third kappa shape index (κ3) is 3.31. The Morgan fingerprint density at radius 3 is 2.55 bits per heavy atom. The zero-order valence-electron chi connectivity index (χ0n) is 12.2. The quantitative estimate of drug-likeness (QED) is 0.908. The molecule has 106 valence electrons. The predicted molar refractivity (Wildman–Crippen MR) is 81.4 cm³/mol. The zero-order chi connectivity index (χ0) is 14.5. The molecular weight excluding hydrogens is 250 g/mol. The van der Waals surface area contributed by atoms with Crippen molar-refractivity contribution in [1.29, 1.82) is 0 Å². The average Bonchev–Trinajstić information content (AvgIpc) is 2.47. The standard InChI is InChI=1S/C17H21NO2/c1-12-7-8-17(20-3)15(9-12)16(18)11-13-5-4-6-14(10-13)19-2/h4-10,16H,11,18H2,1-3H3. The predicted octanol–water partition coefficient (Wildman–Crippen LogP) is 3.25. The Morgan fingerprint density at radius 2 is 1.85 bits per heavy atom. The summed E-state index contributed by atoms with van der Waals surface area (Å²) >= 11 is 0. The highest BCUT2D eigenvalue weighted by Gasteiger charge is 2.13. The molecular formula is C17H21NO2. The molecule has 0 saturated carbocycles. The van der Waals surface area contributed by atoms with Crippen molar-refractivity contribution >= 4 is 0 Å². The number of aryl methyl sites for hydroxylation is 1. The van der Waals surface area contributed by atoms with Crippen molar-refractivity contribution in [2.75, 3.05) is 14.2 Å². The number of hydrogen-bond donors (Lipinski definition) is 1. The van der Waals surface area contributed by atoms with E-state index < -0.39 is 0 Å². The van der Waals surface area contributed by atoms with Gasteiger partial charge < -0.3 is 15.2 Å². The minimum absolute atomic E-state index is 0.100. The van der Waals surface area contributed by atoms with Crippen LogP contribution in [0.3, 0.4) is 0 Å². The molecule has 0 saturated heterocycles. The fourth-order valence-corrected chi connectivity index (χ4v) is 2.31. The van der Waals surface area contributed by atoms with E-state index in [0.29, 0.717) is 0 Å². The average molecular weight is 271 g/mol. The van der Waals surface area contributed by atoms with Gasteiger partial charge in [-0.15, -0.1) is 0 Å². The van der Waals surface area contributed by atoms with Gasteiger partial charge in [0, 0.05) is 11.6 Å². The number of benzene rings is 2. The monoisotopic (exact) mass is 271 g/mol. The van der Waals surface area contributed by atoms with Gasteiger partial charge in [0.25, 0.3) is 0 Å². The molecule has 1 unspecified atom stereocenters. The second-order valence-corrected chi connectivity index (χ2v) is 4.91. The Bertz CT molecular complexity index is 581. The summed E-state index contributed by atoms with van der Waals surface area (Å²) in [5.41, 5.74) is 9.72. The van der Waals surface area contributed by atoms with Crippen molar-refractivity contribution in [3.63, 3.8) is 0 Å². The molecule has 0 spiro atoms. The van der Waals surface area contributed by atoms with Gasteiger partial charge in [-0.1, -0.05) is 29.8 Å². The summed E-state index contributed by atoms with van der Waals surface area (Å²) in [6, 6.07) is 14.0. The molecule has 0 aliphatic carbocycles. The Hall–Kier alpha value is -2.00. The molecule has 0 bridgehead atoms. The summed E-state index contributed by atoms with van der Waals surface area (Å²) < 4.78 is 10.6. The first-order chi connectivity index (χ1) is 9.63. The van der Waals surface area contributed by atoms with Crippen molar-refractivity contribution in [2.24, 2.45) is 5.73 Å². The van der Waals surface area contributed by atoms with Gasteiger partial charge in [0.1, 0.15) is 11.5 Å². The molecule has 0 fully saturated rings. The van der Waals surface area contributed by atoms with Crippen LogP contribution in [0.4, 0.5) is 0 Å². The van der Waals surface area contributed by atoms with Crippen molar-refractivity contribution < 1.29 is 9.47 Å². The molecule has 0 aromatic heterocycles. The molecule has 2 rings (SSSR count). The van der Waals surface area contributed by atoms with Gasteiger partial charge in [-0.3, -0.25) is 0 Å². The van der Waals surface area contributed by atoms with Crippen LogP contribution in [-0.2, 0) is 6.42 Å². The van der Waals surface area contributed by atoms with Gasteiger partial charge in [-0.05, 0) is 37.1 Å². The second-order valence-electron chi connectivity index (χ2n) is 4.91. The third-order valence-corrected chi connectivity index (χ3v) is 3.37. The Kier molecular flexibility index (Phi) is 4.64. The first-order valence-corrected chi connectivity index (χ1v) is 6.67. The summed E-state index contributed by atoms with van der Waals surface area (Å²) in [6.45, 7) is 2.06. The van der Waals surface area contributed by atoms with Crippen molar-refractivity contribution in [1.82, 2.24) is 0 Å². The summed E-state index contributed by atoms with van der Waals surface area (Å²) in [5, 5.41) is 0. The molecule has 0 aliphatic heterocycles. The molecule has 0 amide bonds. The van der Waals surface area contributed by atoms with E-state index in [1.807, 2.05) is 30.3 Å². The van der Waals surface area contributed by atoms with E-state index in [9.17, 15) is 0 Å². The van der Waals surface area contributed by atoms with Crippen molar-refractivity contribution in [3.05, 3.63) is 59.2 Å². The van der Waals surface area contributed by atoms with E-state index >= 15 is 0 Å². The topological polar surface area (TPSA) is 44.5 Å². The van der Waals surface area contributed by atoms with Crippen LogP contribution in [0.15, 0.2) is 42.5 Å². The molecule has 20 heavy (non-hydrogen) atoms. The van der Waals surface area contributed by atoms with Crippen LogP contribution in [-0.4, -0.2) is 14.2 Å². The first-order valence-electron chi connectivity index (χ1n) is 6.67. The maximum atomic E-state index is 6.34. The number of rotatable bonds is 5. The number of ether oxygens (including phenoxy) is 2. The van der Waals surface area contributed by atoms with Gasteiger partial charge in [0.15, 0.2) is 0 Å². The van der Waals surface area contributed by atoms with Gasteiger partial charge in [0.2, 0.25) is 0 Å². The Labute approximate surface area is 120 Å². The van der Waals surface area contributed by atoms with E-state index in [1.54, 1.807) is 14.2 Å². The maximum absolute atomic E-state index is 6.34. The lowest BCUT2D eigenvalue weighted by molar-refractivity contribution is 0.405. The van der Waals surface area contributed by atoms with E-state index in [0.717, 1.165) is 29.0 Å². The lowest BCUT2D eigenvalue weighted by atomic mass is 9.97. The fourth-order valence-electron chi connectivity index (χ4n) is 2.31. The molecule has 2 aromatic rings. The van der Waals surface area contributed by atoms with Gasteiger partial charge in [0.05, 0.1) is 14.2 Å². The van der Waals surface area contributed by atoms with E-state index in [1.165, 1.54) is 5.56 Å². The van der Waals surface area contributed by atoms with Crippen LogP contribution < -0.4 is 15.2 Å². The van der Waals surface area contributed by atoms with Crippen LogP contribution in [0, 0.1) is 6.92 Å². The van der Waals surface area contributed by atoms with Gasteiger partial charge in [-0.2, -0.15) is 0 Å². The molecule has 0 aliphatic rings. The SMILES string of the molecule is COc1cccc(CC(N)c2cc(C)ccc2OC)c1. The smallest absolute Gasteiger partial charge is 0.123 e. The minimum atomic E-state index is -0.100. The molecule has 1 atom stereocenters. The molecule has 3 heteroatoms. The van der Waals surface area contributed by atoms with E-state index in [-0.39, 0.29) is 6.04 Å². The molecule has 0 heterocycles. The Balaban J connectivity index is 2.23. The summed E-state index contributed by atoms with van der Waals surface area (Å²) in [7, 11) is 3.34.